The minimum absolute atomic E-state index is 0.214. The van der Waals surface area contributed by atoms with E-state index in [1.807, 2.05) is 19.9 Å². The van der Waals surface area contributed by atoms with Gasteiger partial charge in [-0.1, -0.05) is 0 Å². The summed E-state index contributed by atoms with van der Waals surface area (Å²) in [6.07, 6.45) is 1.46. The Kier molecular flexibility index (Phi) is 3.80. The largest absolute Gasteiger partial charge is 0.330 e. The molecule has 15 heavy (non-hydrogen) atoms. The first-order chi connectivity index (χ1) is 7.06. The zero-order valence-electron chi connectivity index (χ0n) is 9.12. The molecule has 0 atom stereocenters. The van der Waals surface area contributed by atoms with Gasteiger partial charge in [-0.3, -0.25) is 10.1 Å². The van der Waals surface area contributed by atoms with Crippen molar-refractivity contribution in [1.29, 1.82) is 0 Å². The maximum Gasteiger partial charge on any atom is 0.272 e. The molecule has 1 rings (SSSR count). The van der Waals surface area contributed by atoms with Crippen LogP contribution in [0.15, 0.2) is 12.1 Å². The fourth-order valence-electron chi connectivity index (χ4n) is 1.52. The van der Waals surface area contributed by atoms with Crippen molar-refractivity contribution < 1.29 is 4.92 Å². The third-order valence-corrected chi connectivity index (χ3v) is 2.54. The molecule has 0 aliphatic heterocycles. The number of rotatable bonds is 4. The zero-order valence-corrected chi connectivity index (χ0v) is 9.12. The summed E-state index contributed by atoms with van der Waals surface area (Å²) in [5.41, 5.74) is 8.45. The Balaban J connectivity index is 3.10. The number of nitro groups is 1. The van der Waals surface area contributed by atoms with Crippen molar-refractivity contribution in [2.24, 2.45) is 5.73 Å². The van der Waals surface area contributed by atoms with Crippen LogP contribution in [0, 0.1) is 24.0 Å². The number of hydrogen-bond donors (Lipinski definition) is 1. The highest BCUT2D eigenvalue weighted by atomic mass is 16.6. The molecule has 0 fully saturated rings. The average molecular weight is 208 g/mol. The molecule has 0 saturated heterocycles. The van der Waals surface area contributed by atoms with E-state index in [1.54, 1.807) is 6.07 Å². The summed E-state index contributed by atoms with van der Waals surface area (Å²) in [6.45, 7) is 4.41. The lowest BCUT2D eigenvalue weighted by Crippen LogP contribution is -2.03. The normalized spacial score (nSPS) is 10.3. The molecule has 4 nitrogen and oxygen atoms in total. The molecule has 0 unspecified atom stereocenters. The lowest BCUT2D eigenvalue weighted by molar-refractivity contribution is -0.385. The van der Waals surface area contributed by atoms with E-state index in [4.69, 9.17) is 5.73 Å². The van der Waals surface area contributed by atoms with Crippen LogP contribution < -0.4 is 5.73 Å². The first-order valence-corrected chi connectivity index (χ1v) is 5.01. The molecule has 0 saturated carbocycles. The Bertz CT molecular complexity index is 375. The number of hydrogen-bond acceptors (Lipinski definition) is 3. The summed E-state index contributed by atoms with van der Waals surface area (Å²) in [5.74, 6) is 0. The Morgan fingerprint density at radius 3 is 2.47 bits per heavy atom. The van der Waals surface area contributed by atoms with Crippen molar-refractivity contribution in [3.63, 3.8) is 0 Å². The molecular formula is C11H16N2O2. The Morgan fingerprint density at radius 1 is 1.33 bits per heavy atom. The van der Waals surface area contributed by atoms with E-state index in [0.29, 0.717) is 13.0 Å². The minimum Gasteiger partial charge on any atom is -0.330 e. The van der Waals surface area contributed by atoms with E-state index in [1.165, 1.54) is 0 Å². The SMILES string of the molecule is Cc1cc(CCCN)c([N+](=O)[O-])cc1C. The van der Waals surface area contributed by atoms with Gasteiger partial charge in [0.25, 0.3) is 5.69 Å². The number of nitrogens with two attached hydrogens (primary N) is 1. The molecule has 0 aliphatic rings. The third-order valence-electron chi connectivity index (χ3n) is 2.54. The smallest absolute Gasteiger partial charge is 0.272 e. The van der Waals surface area contributed by atoms with Crippen molar-refractivity contribution in [2.75, 3.05) is 6.54 Å². The van der Waals surface area contributed by atoms with Crippen molar-refractivity contribution in [3.8, 4) is 0 Å². The van der Waals surface area contributed by atoms with Crippen LogP contribution in [0.4, 0.5) is 5.69 Å². The number of nitro benzene ring substituents is 1. The zero-order chi connectivity index (χ0) is 11.4. The second kappa shape index (κ2) is 4.89. The molecule has 0 aliphatic carbocycles. The Hall–Kier alpha value is -1.42. The van der Waals surface area contributed by atoms with Crippen LogP contribution in [0.3, 0.4) is 0 Å². The van der Waals surface area contributed by atoms with Crippen molar-refractivity contribution in [1.82, 2.24) is 0 Å². The molecule has 0 radical (unpaired) electrons. The van der Waals surface area contributed by atoms with E-state index in [9.17, 15) is 10.1 Å². The van der Waals surface area contributed by atoms with Gasteiger partial charge in [0, 0.05) is 11.6 Å². The molecule has 0 bridgehead atoms. The lowest BCUT2D eigenvalue weighted by Gasteiger charge is -2.06. The van der Waals surface area contributed by atoms with Crippen LogP contribution in [0.2, 0.25) is 0 Å². The highest BCUT2D eigenvalue weighted by Crippen LogP contribution is 2.24. The van der Waals surface area contributed by atoms with Gasteiger partial charge in [-0.2, -0.15) is 0 Å². The van der Waals surface area contributed by atoms with Gasteiger partial charge in [0.1, 0.15) is 0 Å². The van der Waals surface area contributed by atoms with E-state index < -0.39 is 0 Å². The molecule has 0 amide bonds. The van der Waals surface area contributed by atoms with Crippen molar-refractivity contribution >= 4 is 5.69 Å². The Morgan fingerprint density at radius 2 is 1.93 bits per heavy atom. The first-order valence-electron chi connectivity index (χ1n) is 5.01. The van der Waals surface area contributed by atoms with Crippen LogP contribution in [-0.4, -0.2) is 11.5 Å². The van der Waals surface area contributed by atoms with Crippen molar-refractivity contribution in [3.05, 3.63) is 38.9 Å². The number of benzene rings is 1. The fourth-order valence-corrected chi connectivity index (χ4v) is 1.52. The van der Waals surface area contributed by atoms with Gasteiger partial charge in [-0.25, -0.2) is 0 Å². The van der Waals surface area contributed by atoms with Gasteiger partial charge in [0.15, 0.2) is 0 Å². The maximum absolute atomic E-state index is 10.8. The van der Waals surface area contributed by atoms with Crippen molar-refractivity contribution in [2.45, 2.75) is 26.7 Å². The standard InChI is InChI=1S/C11H16N2O2/c1-8-6-10(4-3-5-12)11(13(14)15)7-9(8)2/h6-7H,3-5,12H2,1-2H3. The molecule has 0 aromatic heterocycles. The maximum atomic E-state index is 10.8. The van der Waals surface area contributed by atoms with E-state index >= 15 is 0 Å². The van der Waals surface area contributed by atoms with Gasteiger partial charge in [-0.05, 0) is 50.4 Å². The summed E-state index contributed by atoms with van der Waals surface area (Å²) >= 11 is 0. The number of aryl methyl sites for hydroxylation is 3. The predicted molar refractivity (Wildman–Crippen MR) is 59.9 cm³/mol. The van der Waals surface area contributed by atoms with Crippen LogP contribution >= 0.6 is 0 Å². The summed E-state index contributed by atoms with van der Waals surface area (Å²) in [4.78, 5) is 10.5. The predicted octanol–water partition coefficient (Wildman–Crippen LogP) is 2.10. The van der Waals surface area contributed by atoms with Gasteiger partial charge in [-0.15, -0.1) is 0 Å². The van der Waals surface area contributed by atoms with Gasteiger partial charge in [0.2, 0.25) is 0 Å². The second-order valence-corrected chi connectivity index (χ2v) is 3.71. The lowest BCUT2D eigenvalue weighted by atomic mass is 10.0. The minimum atomic E-state index is -0.321. The van der Waals surface area contributed by atoms with Crippen LogP contribution in [-0.2, 0) is 6.42 Å². The summed E-state index contributed by atoms with van der Waals surface area (Å²) in [7, 11) is 0. The van der Waals surface area contributed by atoms with Gasteiger partial charge in [0.05, 0.1) is 4.92 Å². The molecule has 1 aromatic rings. The molecule has 4 heteroatoms. The second-order valence-electron chi connectivity index (χ2n) is 3.71. The van der Waals surface area contributed by atoms with Crippen LogP contribution in [0.1, 0.15) is 23.1 Å². The van der Waals surface area contributed by atoms with Gasteiger partial charge < -0.3 is 5.73 Å². The molecular weight excluding hydrogens is 192 g/mol. The summed E-state index contributed by atoms with van der Waals surface area (Å²) in [5, 5.41) is 10.8. The first kappa shape index (κ1) is 11.7. The van der Waals surface area contributed by atoms with E-state index in [2.05, 4.69) is 0 Å². The summed E-state index contributed by atoms with van der Waals surface area (Å²) < 4.78 is 0. The van der Waals surface area contributed by atoms with Crippen LogP contribution in [0.25, 0.3) is 0 Å². The Labute approximate surface area is 89.2 Å². The monoisotopic (exact) mass is 208 g/mol. The third kappa shape index (κ3) is 2.76. The highest BCUT2D eigenvalue weighted by Gasteiger charge is 2.14. The van der Waals surface area contributed by atoms with E-state index in [-0.39, 0.29) is 10.6 Å². The molecule has 0 spiro atoms. The molecule has 82 valence electrons. The quantitative estimate of drug-likeness (QED) is 0.608. The topological polar surface area (TPSA) is 69.2 Å². The molecule has 1 aromatic carbocycles. The van der Waals surface area contributed by atoms with Gasteiger partial charge >= 0.3 is 0 Å². The van der Waals surface area contributed by atoms with Crippen LogP contribution in [0.5, 0.6) is 0 Å². The number of nitrogens with zero attached hydrogens (tertiary/aromatic N) is 1. The summed E-state index contributed by atoms with van der Waals surface area (Å²) in [6, 6.07) is 3.53. The fraction of sp³-hybridized carbons (Fsp3) is 0.455. The molecule has 2 N–H and O–H groups in total. The highest BCUT2D eigenvalue weighted by molar-refractivity contribution is 5.46. The molecule has 0 heterocycles. The van der Waals surface area contributed by atoms with E-state index in [0.717, 1.165) is 23.1 Å². The average Bonchev–Trinajstić information content (AvgIpc) is 2.19.